The molecule has 0 saturated carbocycles. The summed E-state index contributed by atoms with van der Waals surface area (Å²) in [6, 6.07) is 14.7. The van der Waals surface area contributed by atoms with Gasteiger partial charge in [0, 0.05) is 62.4 Å². The Morgan fingerprint density at radius 2 is 1.97 bits per heavy atom. The molecule has 3 N–H and O–H groups in total. The molecule has 0 bridgehead atoms. The zero-order valence-corrected chi connectivity index (χ0v) is 19.7. The molecule has 3 aromatic rings. The van der Waals surface area contributed by atoms with Crippen molar-refractivity contribution in [2.45, 2.75) is 19.9 Å². The summed E-state index contributed by atoms with van der Waals surface area (Å²) in [5.41, 5.74) is 4.89. The third-order valence-electron chi connectivity index (χ3n) is 6.02. The van der Waals surface area contributed by atoms with E-state index in [4.69, 9.17) is 9.47 Å². The van der Waals surface area contributed by atoms with Crippen LogP contribution in [0.5, 0.6) is 5.75 Å². The summed E-state index contributed by atoms with van der Waals surface area (Å²) in [7, 11) is 1.80. The number of aromatic nitrogens is 1. The number of hydrogen-bond acceptors (Lipinski definition) is 4. The molecule has 1 aliphatic heterocycles. The van der Waals surface area contributed by atoms with E-state index < -0.39 is 0 Å². The van der Waals surface area contributed by atoms with Gasteiger partial charge in [-0.3, -0.25) is 9.89 Å². The molecule has 0 aliphatic carbocycles. The summed E-state index contributed by atoms with van der Waals surface area (Å²) in [5.74, 6) is 1.71. The number of H-pyrrole nitrogens is 1. The number of nitrogens with zero attached hydrogens (tertiary/aromatic N) is 2. The predicted molar refractivity (Wildman–Crippen MR) is 134 cm³/mol. The summed E-state index contributed by atoms with van der Waals surface area (Å²) in [6.07, 6.45) is 3.03. The number of para-hydroxylation sites is 1. The first-order valence-corrected chi connectivity index (χ1v) is 11.7. The minimum absolute atomic E-state index is 0.653. The number of morpholine rings is 1. The standard InChI is InChI=1S/C26H35N5O2/c1-20-7-8-23-21(18-29-24(23)17-20)9-10-28-26(27-2)30-19-22-5-3-4-6-25(22)33-16-13-31-11-14-32-15-12-31/h3-8,17-18,29H,9-16,19H2,1-2H3,(H2,27,28,30). The molecule has 1 saturated heterocycles. The lowest BCUT2D eigenvalue weighted by atomic mass is 10.1. The van der Waals surface area contributed by atoms with E-state index in [1.54, 1.807) is 7.05 Å². The van der Waals surface area contributed by atoms with Crippen molar-refractivity contribution in [1.82, 2.24) is 20.5 Å². The van der Waals surface area contributed by atoms with Crippen molar-refractivity contribution in [3.05, 3.63) is 65.4 Å². The number of fused-ring (bicyclic) bond motifs is 1. The maximum Gasteiger partial charge on any atom is 0.191 e. The first kappa shape index (κ1) is 23.1. The zero-order valence-electron chi connectivity index (χ0n) is 19.7. The van der Waals surface area contributed by atoms with Crippen molar-refractivity contribution in [2.75, 3.05) is 53.0 Å². The van der Waals surface area contributed by atoms with Gasteiger partial charge in [0.05, 0.1) is 13.2 Å². The third-order valence-corrected chi connectivity index (χ3v) is 6.02. The lowest BCUT2D eigenvalue weighted by Crippen LogP contribution is -2.39. The van der Waals surface area contributed by atoms with Gasteiger partial charge in [0.1, 0.15) is 12.4 Å². The van der Waals surface area contributed by atoms with Crippen LogP contribution < -0.4 is 15.4 Å². The number of nitrogens with one attached hydrogen (secondary N) is 3. The van der Waals surface area contributed by atoms with Crippen LogP contribution in [0.15, 0.2) is 53.7 Å². The smallest absolute Gasteiger partial charge is 0.191 e. The van der Waals surface area contributed by atoms with Gasteiger partial charge in [-0.1, -0.05) is 30.3 Å². The summed E-state index contributed by atoms with van der Waals surface area (Å²) in [6.45, 7) is 8.75. The topological polar surface area (TPSA) is 73.9 Å². The molecular weight excluding hydrogens is 414 g/mol. The molecule has 1 aromatic heterocycles. The Kier molecular flexibility index (Phi) is 8.22. The van der Waals surface area contributed by atoms with E-state index in [2.05, 4.69) is 62.9 Å². The van der Waals surface area contributed by atoms with Gasteiger partial charge < -0.3 is 25.1 Å². The lowest BCUT2D eigenvalue weighted by Gasteiger charge is -2.26. The van der Waals surface area contributed by atoms with Gasteiger partial charge in [0.15, 0.2) is 5.96 Å². The SMILES string of the molecule is CN=C(NCCc1c[nH]c2cc(C)ccc12)NCc1ccccc1OCCN1CCOCC1. The highest BCUT2D eigenvalue weighted by atomic mass is 16.5. The molecule has 7 nitrogen and oxygen atoms in total. The number of rotatable bonds is 9. The van der Waals surface area contributed by atoms with E-state index in [1.807, 2.05) is 18.2 Å². The number of ether oxygens (including phenoxy) is 2. The number of aliphatic imine (C=N–C) groups is 1. The molecule has 176 valence electrons. The number of aromatic amines is 1. The van der Waals surface area contributed by atoms with Gasteiger partial charge in [-0.05, 0) is 36.6 Å². The molecule has 2 heterocycles. The number of hydrogen-bond donors (Lipinski definition) is 3. The van der Waals surface area contributed by atoms with Crippen LogP contribution in [0.2, 0.25) is 0 Å². The lowest BCUT2D eigenvalue weighted by molar-refractivity contribution is 0.0322. The molecule has 2 aromatic carbocycles. The van der Waals surface area contributed by atoms with Gasteiger partial charge >= 0.3 is 0 Å². The second-order valence-electron chi connectivity index (χ2n) is 8.38. The van der Waals surface area contributed by atoms with Crippen molar-refractivity contribution in [2.24, 2.45) is 4.99 Å². The fraction of sp³-hybridized carbons (Fsp3) is 0.423. The van der Waals surface area contributed by atoms with Crippen LogP contribution in [0.25, 0.3) is 10.9 Å². The molecule has 0 radical (unpaired) electrons. The Balaban J connectivity index is 1.24. The van der Waals surface area contributed by atoms with Crippen LogP contribution in [0.1, 0.15) is 16.7 Å². The van der Waals surface area contributed by atoms with Crippen LogP contribution in [0.3, 0.4) is 0 Å². The van der Waals surface area contributed by atoms with E-state index in [9.17, 15) is 0 Å². The highest BCUT2D eigenvalue weighted by Gasteiger charge is 2.11. The number of aryl methyl sites for hydroxylation is 1. The molecule has 4 rings (SSSR count). The largest absolute Gasteiger partial charge is 0.492 e. The molecule has 1 fully saturated rings. The molecule has 0 amide bonds. The molecule has 33 heavy (non-hydrogen) atoms. The molecule has 0 unspecified atom stereocenters. The van der Waals surface area contributed by atoms with Crippen molar-refractivity contribution < 1.29 is 9.47 Å². The van der Waals surface area contributed by atoms with Crippen LogP contribution in [-0.4, -0.2) is 68.9 Å². The highest BCUT2D eigenvalue weighted by molar-refractivity contribution is 5.84. The Morgan fingerprint density at radius 3 is 2.82 bits per heavy atom. The van der Waals surface area contributed by atoms with Crippen molar-refractivity contribution in [3.63, 3.8) is 0 Å². The molecular formula is C26H35N5O2. The average Bonchev–Trinajstić information content (AvgIpc) is 3.24. The van der Waals surface area contributed by atoms with Crippen molar-refractivity contribution >= 4 is 16.9 Å². The van der Waals surface area contributed by atoms with E-state index in [1.165, 1.54) is 22.0 Å². The van der Waals surface area contributed by atoms with Crippen molar-refractivity contribution in [1.29, 1.82) is 0 Å². The Hall–Kier alpha value is -3.03. The first-order chi connectivity index (χ1) is 16.2. The minimum atomic E-state index is 0.653. The van der Waals surface area contributed by atoms with Crippen LogP contribution in [0.4, 0.5) is 0 Å². The number of benzene rings is 2. The van der Waals surface area contributed by atoms with Crippen LogP contribution in [0, 0.1) is 6.92 Å². The van der Waals surface area contributed by atoms with Gasteiger partial charge in [0.25, 0.3) is 0 Å². The first-order valence-electron chi connectivity index (χ1n) is 11.7. The predicted octanol–water partition coefficient (Wildman–Crippen LogP) is 3.10. The molecule has 0 spiro atoms. The van der Waals surface area contributed by atoms with Gasteiger partial charge in [-0.25, -0.2) is 0 Å². The average molecular weight is 450 g/mol. The summed E-state index contributed by atoms with van der Waals surface area (Å²) < 4.78 is 11.5. The van der Waals surface area contributed by atoms with Crippen LogP contribution >= 0.6 is 0 Å². The van der Waals surface area contributed by atoms with E-state index in [0.717, 1.165) is 63.1 Å². The second-order valence-corrected chi connectivity index (χ2v) is 8.38. The fourth-order valence-electron chi connectivity index (χ4n) is 4.12. The van der Waals surface area contributed by atoms with E-state index >= 15 is 0 Å². The normalized spacial score (nSPS) is 15.0. The summed E-state index contributed by atoms with van der Waals surface area (Å²) >= 11 is 0. The van der Waals surface area contributed by atoms with Crippen molar-refractivity contribution in [3.8, 4) is 5.75 Å². The van der Waals surface area contributed by atoms with Crippen LogP contribution in [-0.2, 0) is 17.7 Å². The minimum Gasteiger partial charge on any atom is -0.492 e. The van der Waals surface area contributed by atoms with Gasteiger partial charge in [-0.15, -0.1) is 0 Å². The second kappa shape index (κ2) is 11.7. The van der Waals surface area contributed by atoms with Gasteiger partial charge in [0.2, 0.25) is 0 Å². The van der Waals surface area contributed by atoms with E-state index in [0.29, 0.717) is 13.2 Å². The molecule has 0 atom stereocenters. The fourth-order valence-corrected chi connectivity index (χ4v) is 4.12. The Labute approximate surface area is 196 Å². The summed E-state index contributed by atoms with van der Waals surface area (Å²) in [5, 5.41) is 8.13. The molecule has 7 heteroatoms. The maximum absolute atomic E-state index is 6.10. The molecule has 1 aliphatic rings. The number of guanidine groups is 1. The third kappa shape index (κ3) is 6.49. The highest BCUT2D eigenvalue weighted by Crippen LogP contribution is 2.20. The zero-order chi connectivity index (χ0) is 22.9. The maximum atomic E-state index is 6.10. The monoisotopic (exact) mass is 449 g/mol. The summed E-state index contributed by atoms with van der Waals surface area (Å²) in [4.78, 5) is 10.1. The quantitative estimate of drug-likeness (QED) is 0.346. The Bertz CT molecular complexity index is 1060. The Morgan fingerprint density at radius 1 is 1.12 bits per heavy atom. The van der Waals surface area contributed by atoms with E-state index in [-0.39, 0.29) is 0 Å². The van der Waals surface area contributed by atoms with Gasteiger partial charge in [-0.2, -0.15) is 0 Å².